The predicted octanol–water partition coefficient (Wildman–Crippen LogP) is 1.90. The molecule has 1 rings (SSSR count). The third-order valence-electron chi connectivity index (χ3n) is 1.46. The van der Waals surface area contributed by atoms with Gasteiger partial charge >= 0.3 is 7.60 Å². The van der Waals surface area contributed by atoms with E-state index in [2.05, 4.69) is 0 Å². The van der Waals surface area contributed by atoms with E-state index in [9.17, 15) is 4.57 Å². The molecule has 0 heterocycles. The molecule has 0 aromatic heterocycles. The number of halogens is 1. The van der Waals surface area contributed by atoms with Crippen LogP contribution < -0.4 is 4.74 Å². The zero-order valence-electron chi connectivity index (χ0n) is 7.26. The Morgan fingerprint density at radius 1 is 1.29 bits per heavy atom. The average Bonchev–Trinajstić information content (AvgIpc) is 2.06. The standard InChI is InChI=1S/C8H10ClO4P/c9-7-1-3-8(4-2-7)13-5-6-14(10,11)12/h1-4H,5-6H2,(H2,10,11,12). The van der Waals surface area contributed by atoms with Crippen LogP contribution in [0.1, 0.15) is 0 Å². The maximum atomic E-state index is 10.5. The number of hydrogen-bond donors (Lipinski definition) is 2. The molecule has 1 aromatic carbocycles. The predicted molar refractivity (Wildman–Crippen MR) is 53.9 cm³/mol. The second kappa shape index (κ2) is 4.80. The van der Waals surface area contributed by atoms with E-state index < -0.39 is 7.60 Å². The van der Waals surface area contributed by atoms with Crippen molar-refractivity contribution in [1.29, 1.82) is 0 Å². The molecule has 14 heavy (non-hydrogen) atoms. The van der Waals surface area contributed by atoms with Gasteiger partial charge in [-0.3, -0.25) is 4.57 Å². The Morgan fingerprint density at radius 2 is 1.86 bits per heavy atom. The van der Waals surface area contributed by atoms with Gasteiger partial charge < -0.3 is 14.5 Å². The van der Waals surface area contributed by atoms with Crippen LogP contribution in [-0.4, -0.2) is 22.6 Å². The number of benzene rings is 1. The zero-order chi connectivity index (χ0) is 10.6. The molecule has 0 aliphatic rings. The van der Waals surface area contributed by atoms with Crippen molar-refractivity contribution in [1.82, 2.24) is 0 Å². The Kier molecular flexibility index (Phi) is 3.96. The van der Waals surface area contributed by atoms with Gasteiger partial charge in [-0.05, 0) is 24.3 Å². The number of rotatable bonds is 4. The third-order valence-corrected chi connectivity index (χ3v) is 2.48. The first-order valence-corrected chi connectivity index (χ1v) is 6.08. The molecule has 6 heteroatoms. The maximum absolute atomic E-state index is 10.5. The molecular weight excluding hydrogens is 227 g/mol. The Labute approximate surface area is 86.6 Å². The average molecular weight is 237 g/mol. The van der Waals surface area contributed by atoms with E-state index in [0.717, 1.165) is 0 Å². The lowest BCUT2D eigenvalue weighted by Gasteiger charge is -2.06. The van der Waals surface area contributed by atoms with Crippen molar-refractivity contribution in [2.24, 2.45) is 0 Å². The minimum Gasteiger partial charge on any atom is -0.493 e. The van der Waals surface area contributed by atoms with Crippen LogP contribution in [0.15, 0.2) is 24.3 Å². The van der Waals surface area contributed by atoms with Gasteiger partial charge in [-0.15, -0.1) is 0 Å². The lowest BCUT2D eigenvalue weighted by Crippen LogP contribution is -2.03. The highest BCUT2D eigenvalue weighted by molar-refractivity contribution is 7.51. The minimum atomic E-state index is -3.96. The molecule has 2 N–H and O–H groups in total. The summed E-state index contributed by atoms with van der Waals surface area (Å²) in [6, 6.07) is 6.58. The van der Waals surface area contributed by atoms with Crippen LogP contribution in [0.25, 0.3) is 0 Å². The monoisotopic (exact) mass is 236 g/mol. The SMILES string of the molecule is O=P(O)(O)CCOc1ccc(Cl)cc1. The summed E-state index contributed by atoms with van der Waals surface area (Å²) >= 11 is 5.64. The third kappa shape index (κ3) is 4.63. The van der Waals surface area contributed by atoms with Gasteiger partial charge in [0.25, 0.3) is 0 Å². The molecule has 0 radical (unpaired) electrons. The summed E-state index contributed by atoms with van der Waals surface area (Å²) in [6.07, 6.45) is -0.282. The van der Waals surface area contributed by atoms with Gasteiger partial charge in [0.05, 0.1) is 12.8 Å². The smallest absolute Gasteiger partial charge is 0.328 e. The molecule has 0 atom stereocenters. The fourth-order valence-corrected chi connectivity index (χ4v) is 1.27. The van der Waals surface area contributed by atoms with E-state index in [4.69, 9.17) is 26.1 Å². The Balaban J connectivity index is 2.39. The molecule has 0 fully saturated rings. The van der Waals surface area contributed by atoms with Crippen molar-refractivity contribution in [3.63, 3.8) is 0 Å². The molecule has 0 aliphatic heterocycles. The zero-order valence-corrected chi connectivity index (χ0v) is 8.91. The first kappa shape index (κ1) is 11.5. The molecule has 0 aliphatic carbocycles. The van der Waals surface area contributed by atoms with Crippen molar-refractivity contribution in [3.8, 4) is 5.75 Å². The highest BCUT2D eigenvalue weighted by atomic mass is 35.5. The van der Waals surface area contributed by atoms with Gasteiger partial charge in [0.1, 0.15) is 5.75 Å². The van der Waals surface area contributed by atoms with E-state index in [0.29, 0.717) is 10.8 Å². The van der Waals surface area contributed by atoms with E-state index in [1.165, 1.54) is 0 Å². The summed E-state index contributed by atoms with van der Waals surface area (Å²) in [5.74, 6) is 0.544. The van der Waals surface area contributed by atoms with Gasteiger partial charge in [0.2, 0.25) is 0 Å². The van der Waals surface area contributed by atoms with E-state index in [1.807, 2.05) is 0 Å². The van der Waals surface area contributed by atoms with Crippen molar-refractivity contribution >= 4 is 19.2 Å². The summed E-state index contributed by atoms with van der Waals surface area (Å²) in [4.78, 5) is 17.1. The minimum absolute atomic E-state index is 0.00803. The van der Waals surface area contributed by atoms with Crippen molar-refractivity contribution in [3.05, 3.63) is 29.3 Å². The molecule has 78 valence electrons. The number of ether oxygens (including phenoxy) is 1. The second-order valence-corrected chi connectivity index (χ2v) is 4.90. The summed E-state index contributed by atoms with van der Waals surface area (Å²) in [6.45, 7) is -0.00803. The lowest BCUT2D eigenvalue weighted by atomic mass is 10.3. The Bertz CT molecular complexity index is 332. The van der Waals surface area contributed by atoms with Crippen molar-refractivity contribution in [2.45, 2.75) is 0 Å². The molecule has 0 amide bonds. The molecule has 4 nitrogen and oxygen atoms in total. The first-order chi connectivity index (χ1) is 6.47. The molecule has 0 spiro atoms. The quantitative estimate of drug-likeness (QED) is 0.784. The lowest BCUT2D eigenvalue weighted by molar-refractivity contribution is 0.316. The molecule has 0 saturated heterocycles. The normalized spacial score (nSPS) is 11.4. The van der Waals surface area contributed by atoms with Crippen LogP contribution in [0.2, 0.25) is 5.02 Å². The Hall–Kier alpha value is -0.540. The van der Waals surface area contributed by atoms with Crippen LogP contribution >= 0.6 is 19.2 Å². The largest absolute Gasteiger partial charge is 0.493 e. The molecule has 0 saturated carbocycles. The van der Waals surface area contributed by atoms with Gasteiger partial charge in [-0.1, -0.05) is 11.6 Å². The van der Waals surface area contributed by atoms with Crippen LogP contribution in [0.5, 0.6) is 5.75 Å². The molecule has 0 unspecified atom stereocenters. The van der Waals surface area contributed by atoms with E-state index in [1.54, 1.807) is 24.3 Å². The van der Waals surface area contributed by atoms with E-state index >= 15 is 0 Å². The molecule has 0 bridgehead atoms. The Morgan fingerprint density at radius 3 is 2.36 bits per heavy atom. The fraction of sp³-hybridized carbons (Fsp3) is 0.250. The fourth-order valence-electron chi connectivity index (χ4n) is 0.813. The molecule has 1 aromatic rings. The van der Waals surface area contributed by atoms with Crippen LogP contribution in [0.3, 0.4) is 0 Å². The topological polar surface area (TPSA) is 66.8 Å². The summed E-state index contributed by atoms with van der Waals surface area (Å²) in [5.41, 5.74) is 0. The van der Waals surface area contributed by atoms with Crippen LogP contribution in [-0.2, 0) is 4.57 Å². The van der Waals surface area contributed by atoms with Crippen LogP contribution in [0.4, 0.5) is 0 Å². The maximum Gasteiger partial charge on any atom is 0.328 e. The van der Waals surface area contributed by atoms with Crippen LogP contribution in [0, 0.1) is 0 Å². The number of hydrogen-bond acceptors (Lipinski definition) is 2. The van der Waals surface area contributed by atoms with E-state index in [-0.39, 0.29) is 12.8 Å². The van der Waals surface area contributed by atoms with Crippen molar-refractivity contribution < 1.29 is 19.1 Å². The first-order valence-electron chi connectivity index (χ1n) is 3.90. The molecular formula is C8H10ClO4P. The summed E-state index contributed by atoms with van der Waals surface area (Å²) in [5, 5.41) is 0.590. The van der Waals surface area contributed by atoms with Gasteiger partial charge in [0, 0.05) is 5.02 Å². The van der Waals surface area contributed by atoms with Crippen molar-refractivity contribution in [2.75, 3.05) is 12.8 Å². The summed E-state index contributed by atoms with van der Waals surface area (Å²) < 4.78 is 15.6. The highest BCUT2D eigenvalue weighted by Gasteiger charge is 2.12. The van der Waals surface area contributed by atoms with Gasteiger partial charge in [0.15, 0.2) is 0 Å². The summed E-state index contributed by atoms with van der Waals surface area (Å²) in [7, 11) is -3.96. The second-order valence-electron chi connectivity index (χ2n) is 2.69. The highest BCUT2D eigenvalue weighted by Crippen LogP contribution is 2.33. The van der Waals surface area contributed by atoms with Gasteiger partial charge in [-0.2, -0.15) is 0 Å². The van der Waals surface area contributed by atoms with Gasteiger partial charge in [-0.25, -0.2) is 0 Å².